The van der Waals surface area contributed by atoms with Crippen molar-refractivity contribution < 1.29 is 4.79 Å². The van der Waals surface area contributed by atoms with Gasteiger partial charge in [-0.15, -0.1) is 0 Å². The molecule has 1 aromatic carbocycles. The summed E-state index contributed by atoms with van der Waals surface area (Å²) in [5.41, 5.74) is 6.91. The molecule has 70 valence electrons. The first-order valence-corrected chi connectivity index (χ1v) is 5.03. The van der Waals surface area contributed by atoms with Crippen molar-refractivity contribution in [2.75, 3.05) is 5.73 Å². The summed E-state index contributed by atoms with van der Waals surface area (Å²) in [7, 11) is 0. The zero-order valence-corrected chi connectivity index (χ0v) is 9.10. The first kappa shape index (κ1) is 10.3. The number of anilines is 1. The maximum Gasteiger partial charge on any atom is 0.164 e. The smallest absolute Gasteiger partial charge is 0.164 e. The Morgan fingerprint density at radius 2 is 2.23 bits per heavy atom. The van der Waals surface area contributed by atoms with Gasteiger partial charge in [0.2, 0.25) is 0 Å². The molecule has 0 bridgehead atoms. The highest BCUT2D eigenvalue weighted by molar-refractivity contribution is 9.10. The van der Waals surface area contributed by atoms with Crippen LogP contribution in [0, 0.1) is 0 Å². The average Bonchev–Trinajstić information content (AvgIpc) is 2.10. The number of nitrogens with two attached hydrogens (primary N) is 1. The number of hydrogen-bond acceptors (Lipinski definition) is 2. The van der Waals surface area contributed by atoms with Gasteiger partial charge in [0.15, 0.2) is 5.78 Å². The largest absolute Gasteiger partial charge is 0.397 e. The topological polar surface area (TPSA) is 43.1 Å². The van der Waals surface area contributed by atoms with Gasteiger partial charge in [-0.2, -0.15) is 0 Å². The molecule has 0 amide bonds. The van der Waals surface area contributed by atoms with E-state index in [-0.39, 0.29) is 5.78 Å². The van der Waals surface area contributed by atoms with Crippen molar-refractivity contribution in [3.8, 4) is 0 Å². The summed E-state index contributed by atoms with van der Waals surface area (Å²) in [4.78, 5) is 11.5. The number of carbonyl (C=O) groups is 1. The molecule has 2 nitrogen and oxygen atoms in total. The minimum absolute atomic E-state index is 0.112. The molecule has 13 heavy (non-hydrogen) atoms. The van der Waals surface area contributed by atoms with E-state index in [4.69, 9.17) is 5.73 Å². The molecule has 0 heterocycles. The lowest BCUT2D eigenvalue weighted by Crippen LogP contribution is -2.03. The summed E-state index contributed by atoms with van der Waals surface area (Å²) in [6.45, 7) is 1.98. The Labute approximate surface area is 86.3 Å². The van der Waals surface area contributed by atoms with E-state index in [1.807, 2.05) is 19.1 Å². The summed E-state index contributed by atoms with van der Waals surface area (Å²) >= 11 is 3.29. The summed E-state index contributed by atoms with van der Waals surface area (Å²) < 4.78 is 0.787. The lowest BCUT2D eigenvalue weighted by molar-refractivity contribution is 0.0982. The molecule has 1 aromatic rings. The molecule has 0 fully saturated rings. The third-order valence-corrected chi connectivity index (χ3v) is 2.52. The van der Waals surface area contributed by atoms with Gasteiger partial charge in [-0.25, -0.2) is 0 Å². The molecule has 3 heteroatoms. The van der Waals surface area contributed by atoms with Crippen LogP contribution in [0.15, 0.2) is 22.7 Å². The molecule has 2 N–H and O–H groups in total. The third-order valence-electron chi connectivity index (χ3n) is 1.83. The van der Waals surface area contributed by atoms with E-state index in [1.54, 1.807) is 6.07 Å². The molecule has 0 aliphatic carbocycles. The van der Waals surface area contributed by atoms with Crippen LogP contribution in [0.25, 0.3) is 0 Å². The van der Waals surface area contributed by atoms with Crippen LogP contribution in [-0.2, 0) is 0 Å². The number of nitrogen functional groups attached to an aromatic ring is 1. The fourth-order valence-corrected chi connectivity index (χ4v) is 1.51. The molecule has 0 spiro atoms. The summed E-state index contributed by atoms with van der Waals surface area (Å²) in [6.07, 6.45) is 1.41. The molecule has 1 rings (SSSR count). The van der Waals surface area contributed by atoms with Gasteiger partial charge < -0.3 is 5.73 Å². The van der Waals surface area contributed by atoms with Gasteiger partial charge in [0.25, 0.3) is 0 Å². The van der Waals surface area contributed by atoms with Crippen molar-refractivity contribution in [1.29, 1.82) is 0 Å². The Kier molecular flexibility index (Phi) is 3.48. The number of carbonyl (C=O) groups excluding carboxylic acids is 1. The molecular formula is C10H12BrNO. The number of para-hydroxylation sites is 1. The Balaban J connectivity index is 3.01. The minimum atomic E-state index is 0.112. The van der Waals surface area contributed by atoms with Crippen LogP contribution in [0.3, 0.4) is 0 Å². The fourth-order valence-electron chi connectivity index (χ4n) is 1.14. The number of benzene rings is 1. The van der Waals surface area contributed by atoms with Crippen molar-refractivity contribution in [2.45, 2.75) is 19.8 Å². The lowest BCUT2D eigenvalue weighted by Gasteiger charge is -2.04. The van der Waals surface area contributed by atoms with E-state index in [9.17, 15) is 4.79 Å². The van der Waals surface area contributed by atoms with E-state index in [2.05, 4.69) is 15.9 Å². The molecule has 0 saturated heterocycles. The standard InChI is InChI=1S/C10H12BrNO/c1-2-4-9(13)7-5-3-6-8(11)10(7)12/h3,5-6H,2,4,12H2,1H3. The van der Waals surface area contributed by atoms with Gasteiger partial charge in [0, 0.05) is 16.5 Å². The van der Waals surface area contributed by atoms with Gasteiger partial charge >= 0.3 is 0 Å². The normalized spacial score (nSPS) is 10.0. The zero-order valence-electron chi connectivity index (χ0n) is 7.51. The van der Waals surface area contributed by atoms with Crippen molar-refractivity contribution in [3.05, 3.63) is 28.2 Å². The minimum Gasteiger partial charge on any atom is -0.397 e. The van der Waals surface area contributed by atoms with Crippen LogP contribution in [0.2, 0.25) is 0 Å². The zero-order chi connectivity index (χ0) is 9.84. The van der Waals surface area contributed by atoms with Crippen LogP contribution >= 0.6 is 15.9 Å². The molecule has 0 aromatic heterocycles. The van der Waals surface area contributed by atoms with Crippen molar-refractivity contribution >= 4 is 27.4 Å². The number of ketones is 1. The molecule has 0 aliphatic rings. The number of hydrogen-bond donors (Lipinski definition) is 1. The monoisotopic (exact) mass is 241 g/mol. The Morgan fingerprint density at radius 3 is 2.85 bits per heavy atom. The van der Waals surface area contributed by atoms with Crippen molar-refractivity contribution in [2.24, 2.45) is 0 Å². The second kappa shape index (κ2) is 4.42. The predicted octanol–water partition coefficient (Wildman–Crippen LogP) is 3.01. The second-order valence-electron chi connectivity index (χ2n) is 2.87. The van der Waals surface area contributed by atoms with Gasteiger partial charge in [0.05, 0.1) is 5.69 Å². The van der Waals surface area contributed by atoms with Crippen LogP contribution in [0.1, 0.15) is 30.1 Å². The Hall–Kier alpha value is -0.830. The van der Waals surface area contributed by atoms with Crippen LogP contribution in [0.5, 0.6) is 0 Å². The predicted molar refractivity (Wildman–Crippen MR) is 57.8 cm³/mol. The highest BCUT2D eigenvalue weighted by Crippen LogP contribution is 2.24. The van der Waals surface area contributed by atoms with Crippen LogP contribution < -0.4 is 5.73 Å². The third kappa shape index (κ3) is 2.31. The SMILES string of the molecule is CCCC(=O)c1cccc(Br)c1N. The lowest BCUT2D eigenvalue weighted by atomic mass is 10.1. The van der Waals surface area contributed by atoms with Crippen LogP contribution in [0.4, 0.5) is 5.69 Å². The summed E-state index contributed by atoms with van der Waals surface area (Å²) in [5.74, 6) is 0.112. The van der Waals surface area contributed by atoms with Crippen molar-refractivity contribution in [1.82, 2.24) is 0 Å². The van der Waals surface area contributed by atoms with E-state index in [1.165, 1.54) is 0 Å². The highest BCUT2D eigenvalue weighted by Gasteiger charge is 2.09. The average molecular weight is 242 g/mol. The molecule has 0 aliphatic heterocycles. The first-order valence-electron chi connectivity index (χ1n) is 4.24. The van der Waals surface area contributed by atoms with Gasteiger partial charge in [-0.05, 0) is 34.5 Å². The van der Waals surface area contributed by atoms with Gasteiger partial charge in [-0.1, -0.05) is 13.0 Å². The van der Waals surface area contributed by atoms with Gasteiger partial charge in [-0.3, -0.25) is 4.79 Å². The number of halogens is 1. The number of Topliss-reactive ketones (excluding diaryl/α,β-unsaturated/α-hetero) is 1. The van der Waals surface area contributed by atoms with E-state index < -0.39 is 0 Å². The maximum absolute atomic E-state index is 11.5. The van der Waals surface area contributed by atoms with Gasteiger partial charge in [0.1, 0.15) is 0 Å². The highest BCUT2D eigenvalue weighted by atomic mass is 79.9. The molecule has 0 saturated carbocycles. The number of rotatable bonds is 3. The fraction of sp³-hybridized carbons (Fsp3) is 0.300. The molecule has 0 unspecified atom stereocenters. The summed E-state index contributed by atoms with van der Waals surface area (Å²) in [6, 6.07) is 5.42. The van der Waals surface area contributed by atoms with E-state index >= 15 is 0 Å². The first-order chi connectivity index (χ1) is 6.16. The Bertz CT molecular complexity index is 323. The van der Waals surface area contributed by atoms with E-state index in [0.29, 0.717) is 17.7 Å². The molecule has 0 atom stereocenters. The maximum atomic E-state index is 11.5. The molecular weight excluding hydrogens is 230 g/mol. The molecule has 0 radical (unpaired) electrons. The quantitative estimate of drug-likeness (QED) is 0.653. The van der Waals surface area contributed by atoms with Crippen LogP contribution in [-0.4, -0.2) is 5.78 Å². The van der Waals surface area contributed by atoms with E-state index in [0.717, 1.165) is 10.9 Å². The Morgan fingerprint density at radius 1 is 1.54 bits per heavy atom. The second-order valence-corrected chi connectivity index (χ2v) is 3.73. The summed E-state index contributed by atoms with van der Waals surface area (Å²) in [5, 5.41) is 0. The van der Waals surface area contributed by atoms with Crippen molar-refractivity contribution in [3.63, 3.8) is 0 Å².